The molecule has 8 heteroatoms. The first-order chi connectivity index (χ1) is 9.90. The zero-order valence-corrected chi connectivity index (χ0v) is 12.5. The summed E-state index contributed by atoms with van der Waals surface area (Å²) in [5, 5.41) is 3.91. The summed E-state index contributed by atoms with van der Waals surface area (Å²) in [4.78, 5) is 10.1. The monoisotopic (exact) mass is 299 g/mol. The van der Waals surface area contributed by atoms with Crippen molar-refractivity contribution in [2.24, 2.45) is 0 Å². The second kappa shape index (κ2) is 6.30. The van der Waals surface area contributed by atoms with Gasteiger partial charge in [0.25, 0.3) is 0 Å². The third-order valence-corrected chi connectivity index (χ3v) is 3.34. The Morgan fingerprint density at radius 1 is 1.33 bits per heavy atom. The lowest BCUT2D eigenvalue weighted by atomic mass is 10.2. The molecule has 0 radical (unpaired) electrons. The number of hydrogen-bond donors (Lipinski definition) is 0. The molecule has 0 aliphatic carbocycles. The van der Waals surface area contributed by atoms with E-state index in [-0.39, 0.29) is 18.5 Å². The predicted molar refractivity (Wildman–Crippen MR) is 71.7 cm³/mol. The first kappa shape index (κ1) is 15.6. The van der Waals surface area contributed by atoms with Gasteiger partial charge in [-0.25, -0.2) is 4.98 Å². The topological polar surface area (TPSA) is 60.0 Å². The molecule has 0 aromatic carbocycles. The third-order valence-electron chi connectivity index (χ3n) is 3.34. The summed E-state index contributed by atoms with van der Waals surface area (Å²) in [5.41, 5.74) is 0. The highest BCUT2D eigenvalue weighted by Gasteiger charge is 2.22. The van der Waals surface area contributed by atoms with Crippen molar-refractivity contribution in [1.82, 2.24) is 24.6 Å². The standard InChI is InChI=1S/C13H19F2N5O/c1-8(2)11-17-12(21-18-11)9(3)19(4)7-10-16-5-6-20(10)13(14)15/h5-6,8-9,13H,7H2,1-4H3/t9-/m1/s1. The minimum Gasteiger partial charge on any atom is -0.338 e. The number of alkyl halides is 2. The summed E-state index contributed by atoms with van der Waals surface area (Å²) in [6.07, 6.45) is 2.63. The van der Waals surface area contributed by atoms with E-state index in [1.807, 2.05) is 25.7 Å². The van der Waals surface area contributed by atoms with E-state index in [2.05, 4.69) is 15.1 Å². The van der Waals surface area contributed by atoms with Gasteiger partial charge in [0.05, 0.1) is 12.6 Å². The van der Waals surface area contributed by atoms with Crippen LogP contribution in [0.3, 0.4) is 0 Å². The van der Waals surface area contributed by atoms with Crippen LogP contribution in [0.2, 0.25) is 0 Å². The fourth-order valence-electron chi connectivity index (χ4n) is 1.84. The van der Waals surface area contributed by atoms with Gasteiger partial charge in [0.15, 0.2) is 5.82 Å². The van der Waals surface area contributed by atoms with E-state index in [1.54, 1.807) is 7.05 Å². The summed E-state index contributed by atoms with van der Waals surface area (Å²) in [6.45, 7) is 3.50. The van der Waals surface area contributed by atoms with Crippen molar-refractivity contribution in [2.75, 3.05) is 7.05 Å². The Bertz CT molecular complexity index is 581. The Labute approximate surface area is 121 Å². The molecule has 0 amide bonds. The highest BCUT2D eigenvalue weighted by atomic mass is 19.3. The van der Waals surface area contributed by atoms with Crippen LogP contribution >= 0.6 is 0 Å². The van der Waals surface area contributed by atoms with Crippen molar-refractivity contribution in [3.05, 3.63) is 29.9 Å². The van der Waals surface area contributed by atoms with Gasteiger partial charge >= 0.3 is 6.55 Å². The van der Waals surface area contributed by atoms with Gasteiger partial charge in [-0.05, 0) is 14.0 Å². The van der Waals surface area contributed by atoms with Crippen molar-refractivity contribution in [1.29, 1.82) is 0 Å². The molecule has 0 aliphatic rings. The SMILES string of the molecule is CC(C)c1noc([C@@H](C)N(C)Cc2nccn2C(F)F)n1. The van der Waals surface area contributed by atoms with Gasteiger partial charge in [0.2, 0.25) is 5.89 Å². The van der Waals surface area contributed by atoms with Gasteiger partial charge < -0.3 is 4.52 Å². The predicted octanol–water partition coefficient (Wildman–Crippen LogP) is 2.98. The summed E-state index contributed by atoms with van der Waals surface area (Å²) in [5.74, 6) is 1.58. The van der Waals surface area contributed by atoms with E-state index >= 15 is 0 Å². The number of aromatic nitrogens is 4. The van der Waals surface area contributed by atoms with E-state index in [0.29, 0.717) is 17.5 Å². The Hall–Kier alpha value is -1.83. The van der Waals surface area contributed by atoms with E-state index in [1.165, 1.54) is 12.4 Å². The quantitative estimate of drug-likeness (QED) is 0.820. The van der Waals surface area contributed by atoms with E-state index < -0.39 is 6.55 Å². The highest BCUT2D eigenvalue weighted by molar-refractivity contribution is 4.98. The van der Waals surface area contributed by atoms with Gasteiger partial charge in [-0.2, -0.15) is 13.8 Å². The molecule has 2 aromatic rings. The van der Waals surface area contributed by atoms with Crippen LogP contribution in [0.15, 0.2) is 16.9 Å². The first-order valence-corrected chi connectivity index (χ1v) is 6.73. The minimum absolute atomic E-state index is 0.178. The van der Waals surface area contributed by atoms with Crippen molar-refractivity contribution >= 4 is 0 Å². The molecule has 2 aromatic heterocycles. The maximum Gasteiger partial charge on any atom is 0.319 e. The largest absolute Gasteiger partial charge is 0.338 e. The van der Waals surface area contributed by atoms with Gasteiger partial charge in [0.1, 0.15) is 5.82 Å². The number of hydrogen-bond acceptors (Lipinski definition) is 5. The van der Waals surface area contributed by atoms with E-state index in [9.17, 15) is 8.78 Å². The molecule has 0 N–H and O–H groups in total. The maximum absolute atomic E-state index is 12.8. The Morgan fingerprint density at radius 3 is 2.62 bits per heavy atom. The van der Waals surface area contributed by atoms with Crippen LogP contribution < -0.4 is 0 Å². The average Bonchev–Trinajstić information content (AvgIpc) is 3.06. The molecule has 6 nitrogen and oxygen atoms in total. The molecule has 0 fully saturated rings. The lowest BCUT2D eigenvalue weighted by Crippen LogP contribution is -2.24. The van der Waals surface area contributed by atoms with Crippen LogP contribution in [-0.4, -0.2) is 31.6 Å². The molecule has 116 valence electrons. The number of halogens is 2. The summed E-state index contributed by atoms with van der Waals surface area (Å²) >= 11 is 0. The molecule has 1 atom stereocenters. The van der Waals surface area contributed by atoms with Crippen molar-refractivity contribution in [3.8, 4) is 0 Å². The molecule has 21 heavy (non-hydrogen) atoms. The average molecular weight is 299 g/mol. The van der Waals surface area contributed by atoms with Gasteiger partial charge in [0, 0.05) is 18.3 Å². The molecule has 2 rings (SSSR count). The summed E-state index contributed by atoms with van der Waals surface area (Å²) in [7, 11) is 1.80. The molecule has 2 heterocycles. The number of rotatable bonds is 6. The van der Waals surface area contributed by atoms with Gasteiger partial charge in [-0.1, -0.05) is 19.0 Å². The van der Waals surface area contributed by atoms with Crippen LogP contribution in [0, 0.1) is 0 Å². The zero-order valence-electron chi connectivity index (χ0n) is 12.5. The molecule has 0 bridgehead atoms. The second-order valence-corrected chi connectivity index (χ2v) is 5.27. The Morgan fingerprint density at radius 2 is 2.05 bits per heavy atom. The van der Waals surface area contributed by atoms with Crippen molar-refractivity contribution in [3.63, 3.8) is 0 Å². The lowest BCUT2D eigenvalue weighted by molar-refractivity contribution is 0.0630. The Balaban J connectivity index is 2.08. The molecule has 0 spiro atoms. The fraction of sp³-hybridized carbons (Fsp3) is 0.615. The van der Waals surface area contributed by atoms with Crippen LogP contribution in [0.25, 0.3) is 0 Å². The summed E-state index contributed by atoms with van der Waals surface area (Å²) < 4.78 is 31.7. The molecule has 0 saturated carbocycles. The highest BCUT2D eigenvalue weighted by Crippen LogP contribution is 2.22. The molecular weight excluding hydrogens is 280 g/mol. The Kier molecular flexibility index (Phi) is 4.66. The third kappa shape index (κ3) is 3.44. The van der Waals surface area contributed by atoms with Crippen LogP contribution in [0.4, 0.5) is 8.78 Å². The van der Waals surface area contributed by atoms with Crippen molar-refractivity contribution < 1.29 is 13.3 Å². The first-order valence-electron chi connectivity index (χ1n) is 6.73. The fourth-order valence-corrected chi connectivity index (χ4v) is 1.84. The molecule has 0 unspecified atom stereocenters. The molecule has 0 saturated heterocycles. The smallest absolute Gasteiger partial charge is 0.319 e. The van der Waals surface area contributed by atoms with Crippen molar-refractivity contribution in [2.45, 2.75) is 45.8 Å². The molecular formula is C13H19F2N5O. The van der Waals surface area contributed by atoms with Crippen LogP contribution in [0.5, 0.6) is 0 Å². The van der Waals surface area contributed by atoms with E-state index in [0.717, 1.165) is 4.57 Å². The number of nitrogens with zero attached hydrogens (tertiary/aromatic N) is 5. The van der Waals surface area contributed by atoms with Crippen LogP contribution in [-0.2, 0) is 6.54 Å². The normalized spacial score (nSPS) is 13.6. The summed E-state index contributed by atoms with van der Waals surface area (Å²) in [6, 6.07) is -0.187. The second-order valence-electron chi connectivity index (χ2n) is 5.27. The number of imidazole rings is 1. The zero-order chi connectivity index (χ0) is 15.6. The van der Waals surface area contributed by atoms with Gasteiger partial charge in [-0.3, -0.25) is 9.47 Å². The van der Waals surface area contributed by atoms with Crippen LogP contribution in [0.1, 0.15) is 56.8 Å². The minimum atomic E-state index is -2.60. The lowest BCUT2D eigenvalue weighted by Gasteiger charge is -2.21. The van der Waals surface area contributed by atoms with E-state index in [4.69, 9.17) is 4.52 Å². The van der Waals surface area contributed by atoms with Gasteiger partial charge in [-0.15, -0.1) is 0 Å². The molecule has 0 aliphatic heterocycles. The maximum atomic E-state index is 12.8.